The fourth-order valence-corrected chi connectivity index (χ4v) is 3.61. The molecule has 3 atom stereocenters. The summed E-state index contributed by atoms with van der Waals surface area (Å²) >= 11 is 6.32. The van der Waals surface area contributed by atoms with Gasteiger partial charge in [-0.15, -0.1) is 0 Å². The van der Waals surface area contributed by atoms with Gasteiger partial charge < -0.3 is 5.73 Å². The minimum atomic E-state index is 0.339. The molecule has 0 amide bonds. The molecule has 0 spiro atoms. The minimum absolute atomic E-state index is 0.339. The van der Waals surface area contributed by atoms with Crippen LogP contribution in [0.3, 0.4) is 0 Å². The molecule has 19 heavy (non-hydrogen) atoms. The van der Waals surface area contributed by atoms with Gasteiger partial charge in [0, 0.05) is 17.1 Å². The molecular formula is C16H25ClN2. The fraction of sp³-hybridized carbons (Fsp3) is 0.625. The molecule has 106 valence electrons. The zero-order chi connectivity index (χ0) is 13.8. The molecule has 0 aliphatic heterocycles. The molecule has 3 heteroatoms. The minimum Gasteiger partial charge on any atom is -0.330 e. The third-order valence-corrected chi connectivity index (χ3v) is 5.01. The summed E-state index contributed by atoms with van der Waals surface area (Å²) in [4.78, 5) is 2.47. The van der Waals surface area contributed by atoms with E-state index in [4.69, 9.17) is 17.3 Å². The zero-order valence-electron chi connectivity index (χ0n) is 12.0. The summed E-state index contributed by atoms with van der Waals surface area (Å²) in [5.41, 5.74) is 7.16. The predicted molar refractivity (Wildman–Crippen MR) is 82.4 cm³/mol. The number of halogens is 1. The van der Waals surface area contributed by atoms with Crippen LogP contribution in [0.4, 0.5) is 0 Å². The topological polar surface area (TPSA) is 29.3 Å². The Morgan fingerprint density at radius 3 is 2.68 bits per heavy atom. The maximum atomic E-state index is 6.32. The molecule has 1 aliphatic rings. The first kappa shape index (κ1) is 14.8. The lowest BCUT2D eigenvalue weighted by Gasteiger charge is -2.41. The van der Waals surface area contributed by atoms with Gasteiger partial charge in [0.25, 0.3) is 0 Å². The number of hydrogen-bond acceptors (Lipinski definition) is 2. The molecule has 2 rings (SSSR count). The van der Waals surface area contributed by atoms with E-state index < -0.39 is 0 Å². The molecule has 0 aromatic heterocycles. The molecule has 0 heterocycles. The van der Waals surface area contributed by atoms with Crippen molar-refractivity contribution in [2.45, 2.75) is 44.7 Å². The highest BCUT2D eigenvalue weighted by molar-refractivity contribution is 6.31. The molecule has 1 aliphatic carbocycles. The lowest BCUT2D eigenvalue weighted by molar-refractivity contribution is 0.0989. The van der Waals surface area contributed by atoms with Crippen LogP contribution in [0.5, 0.6) is 0 Å². The molecule has 1 fully saturated rings. The highest BCUT2D eigenvalue weighted by atomic mass is 35.5. The highest BCUT2D eigenvalue weighted by Crippen LogP contribution is 2.34. The highest BCUT2D eigenvalue weighted by Gasteiger charge is 2.30. The SMILES string of the molecule is CC(c1ccccc1Cl)N(C)C1CCCCC1CN. The Kier molecular flexibility index (Phi) is 5.26. The Bertz CT molecular complexity index is 407. The molecule has 3 unspecified atom stereocenters. The van der Waals surface area contributed by atoms with Crippen molar-refractivity contribution in [1.82, 2.24) is 4.90 Å². The number of hydrogen-bond donors (Lipinski definition) is 1. The fourth-order valence-electron chi connectivity index (χ4n) is 3.32. The van der Waals surface area contributed by atoms with Crippen LogP contribution in [-0.4, -0.2) is 24.5 Å². The second-order valence-corrected chi connectivity index (χ2v) is 6.12. The van der Waals surface area contributed by atoms with E-state index in [9.17, 15) is 0 Å². The Morgan fingerprint density at radius 2 is 2.00 bits per heavy atom. The Balaban J connectivity index is 2.14. The Labute approximate surface area is 121 Å². The van der Waals surface area contributed by atoms with E-state index in [1.807, 2.05) is 12.1 Å². The molecule has 1 aromatic carbocycles. The van der Waals surface area contributed by atoms with E-state index in [-0.39, 0.29) is 0 Å². The summed E-state index contributed by atoms with van der Waals surface area (Å²) in [7, 11) is 2.21. The van der Waals surface area contributed by atoms with Gasteiger partial charge in [-0.25, -0.2) is 0 Å². The van der Waals surface area contributed by atoms with Crippen molar-refractivity contribution in [1.29, 1.82) is 0 Å². The largest absolute Gasteiger partial charge is 0.330 e. The maximum absolute atomic E-state index is 6.32. The number of nitrogens with two attached hydrogens (primary N) is 1. The van der Waals surface area contributed by atoms with E-state index in [0.29, 0.717) is 18.0 Å². The summed E-state index contributed by atoms with van der Waals surface area (Å²) in [6.45, 7) is 3.04. The third-order valence-electron chi connectivity index (χ3n) is 4.66. The standard InChI is InChI=1S/C16H25ClN2/c1-12(14-8-4-5-9-15(14)17)19(2)16-10-6-3-7-13(16)11-18/h4-5,8-9,12-13,16H,3,6-7,10-11,18H2,1-2H3. The van der Waals surface area contributed by atoms with Crippen LogP contribution < -0.4 is 5.73 Å². The summed E-state index contributed by atoms with van der Waals surface area (Å²) in [5.74, 6) is 0.628. The van der Waals surface area contributed by atoms with E-state index in [1.54, 1.807) is 0 Å². The first-order valence-corrected chi connectivity index (χ1v) is 7.69. The summed E-state index contributed by atoms with van der Waals surface area (Å²) < 4.78 is 0. The quantitative estimate of drug-likeness (QED) is 0.908. The Hall–Kier alpha value is -0.570. The average Bonchev–Trinajstić information content (AvgIpc) is 2.46. The summed E-state index contributed by atoms with van der Waals surface area (Å²) in [5, 5.41) is 0.863. The van der Waals surface area contributed by atoms with Gasteiger partial charge >= 0.3 is 0 Å². The summed E-state index contributed by atoms with van der Waals surface area (Å²) in [6.07, 6.45) is 5.17. The second kappa shape index (κ2) is 6.74. The van der Waals surface area contributed by atoms with Gasteiger partial charge in [-0.05, 0) is 50.9 Å². The van der Waals surface area contributed by atoms with Gasteiger partial charge in [0.15, 0.2) is 0 Å². The van der Waals surface area contributed by atoms with Crippen LogP contribution in [0.25, 0.3) is 0 Å². The number of rotatable bonds is 4. The zero-order valence-corrected chi connectivity index (χ0v) is 12.7. The molecular weight excluding hydrogens is 256 g/mol. The van der Waals surface area contributed by atoms with Gasteiger partial charge in [-0.3, -0.25) is 4.90 Å². The smallest absolute Gasteiger partial charge is 0.0453 e. The van der Waals surface area contributed by atoms with Gasteiger partial charge in [-0.1, -0.05) is 42.6 Å². The molecule has 1 saturated carbocycles. The van der Waals surface area contributed by atoms with Gasteiger partial charge in [0.2, 0.25) is 0 Å². The lowest BCUT2D eigenvalue weighted by Crippen LogP contribution is -2.44. The third kappa shape index (κ3) is 3.31. The van der Waals surface area contributed by atoms with Crippen molar-refractivity contribution in [2.75, 3.05) is 13.6 Å². The van der Waals surface area contributed by atoms with E-state index >= 15 is 0 Å². The molecule has 0 radical (unpaired) electrons. The summed E-state index contributed by atoms with van der Waals surface area (Å²) in [6, 6.07) is 9.08. The first-order valence-electron chi connectivity index (χ1n) is 7.31. The van der Waals surface area contributed by atoms with Crippen LogP contribution in [0.2, 0.25) is 5.02 Å². The number of benzene rings is 1. The molecule has 0 bridgehead atoms. The van der Waals surface area contributed by atoms with Crippen molar-refractivity contribution in [2.24, 2.45) is 11.7 Å². The van der Waals surface area contributed by atoms with Crippen LogP contribution in [0, 0.1) is 5.92 Å². The molecule has 2 nitrogen and oxygen atoms in total. The van der Waals surface area contributed by atoms with Gasteiger partial charge in [-0.2, -0.15) is 0 Å². The van der Waals surface area contributed by atoms with Crippen LogP contribution in [0.1, 0.15) is 44.2 Å². The van der Waals surface area contributed by atoms with Crippen molar-refractivity contribution < 1.29 is 0 Å². The van der Waals surface area contributed by atoms with Crippen molar-refractivity contribution in [3.63, 3.8) is 0 Å². The van der Waals surface area contributed by atoms with Gasteiger partial charge in [0.1, 0.15) is 0 Å². The predicted octanol–water partition coefficient (Wildman–Crippen LogP) is 3.85. The van der Waals surface area contributed by atoms with Gasteiger partial charge in [0.05, 0.1) is 0 Å². The van der Waals surface area contributed by atoms with E-state index in [0.717, 1.165) is 11.6 Å². The molecule has 0 saturated heterocycles. The normalized spacial score (nSPS) is 25.5. The Morgan fingerprint density at radius 1 is 1.32 bits per heavy atom. The first-order chi connectivity index (χ1) is 9.15. The van der Waals surface area contributed by atoms with Crippen LogP contribution in [-0.2, 0) is 0 Å². The van der Waals surface area contributed by atoms with E-state index in [2.05, 4.69) is 31.0 Å². The van der Waals surface area contributed by atoms with Crippen molar-refractivity contribution >= 4 is 11.6 Å². The van der Waals surface area contributed by atoms with Crippen LogP contribution >= 0.6 is 11.6 Å². The van der Waals surface area contributed by atoms with Crippen LogP contribution in [0.15, 0.2) is 24.3 Å². The monoisotopic (exact) mass is 280 g/mol. The lowest BCUT2D eigenvalue weighted by atomic mass is 9.83. The van der Waals surface area contributed by atoms with E-state index in [1.165, 1.54) is 31.2 Å². The average molecular weight is 281 g/mol. The molecule has 2 N–H and O–H groups in total. The van der Waals surface area contributed by atoms with Crippen molar-refractivity contribution in [3.8, 4) is 0 Å². The second-order valence-electron chi connectivity index (χ2n) is 5.71. The van der Waals surface area contributed by atoms with Crippen molar-refractivity contribution in [3.05, 3.63) is 34.9 Å². The number of nitrogens with zero attached hydrogens (tertiary/aromatic N) is 1. The molecule has 1 aromatic rings. The maximum Gasteiger partial charge on any atom is 0.0453 e.